The maximum absolute atomic E-state index is 10.4. The standard InChI is InChI=1S/C7H10INO3/c1-12-7-3-2-5(9(10)11)4-6(7)8/h4-5,7H,2-3H2,1H3. The van der Waals surface area contributed by atoms with E-state index in [-0.39, 0.29) is 11.0 Å². The Morgan fingerprint density at radius 2 is 2.42 bits per heavy atom. The second-order valence-corrected chi connectivity index (χ2v) is 3.95. The summed E-state index contributed by atoms with van der Waals surface area (Å²) in [6.45, 7) is 0. The number of halogens is 1. The predicted octanol–water partition coefficient (Wildman–Crippen LogP) is 1.76. The van der Waals surface area contributed by atoms with Gasteiger partial charge < -0.3 is 4.74 Å². The first kappa shape index (κ1) is 9.91. The molecular weight excluding hydrogens is 273 g/mol. The zero-order valence-corrected chi connectivity index (χ0v) is 8.85. The minimum Gasteiger partial charge on any atom is -0.376 e. The molecule has 0 heterocycles. The third kappa shape index (κ3) is 2.16. The molecule has 0 spiro atoms. The van der Waals surface area contributed by atoms with E-state index >= 15 is 0 Å². The van der Waals surface area contributed by atoms with Crippen molar-refractivity contribution in [1.82, 2.24) is 0 Å². The number of nitrogens with zero attached hydrogens (tertiary/aromatic N) is 1. The molecule has 0 saturated heterocycles. The Balaban J connectivity index is 2.67. The normalized spacial score (nSPS) is 29.7. The molecule has 68 valence electrons. The van der Waals surface area contributed by atoms with Crippen LogP contribution in [0.5, 0.6) is 0 Å². The Kier molecular flexibility index (Phi) is 3.45. The van der Waals surface area contributed by atoms with Gasteiger partial charge in [0.1, 0.15) is 0 Å². The number of rotatable bonds is 2. The average Bonchev–Trinajstić information content (AvgIpc) is 2.04. The summed E-state index contributed by atoms with van der Waals surface area (Å²) < 4.78 is 6.08. The summed E-state index contributed by atoms with van der Waals surface area (Å²) in [5.41, 5.74) is 0. The lowest BCUT2D eigenvalue weighted by molar-refractivity contribution is -0.511. The smallest absolute Gasteiger partial charge is 0.232 e. The molecule has 4 nitrogen and oxygen atoms in total. The van der Waals surface area contributed by atoms with Crippen LogP contribution in [-0.4, -0.2) is 24.2 Å². The van der Waals surface area contributed by atoms with Gasteiger partial charge in [0.2, 0.25) is 6.04 Å². The van der Waals surface area contributed by atoms with Crippen LogP contribution in [0.2, 0.25) is 0 Å². The third-order valence-electron chi connectivity index (χ3n) is 1.94. The minimum atomic E-state index is -0.511. The molecule has 12 heavy (non-hydrogen) atoms. The summed E-state index contributed by atoms with van der Waals surface area (Å²) in [5, 5.41) is 10.4. The second kappa shape index (κ2) is 4.18. The third-order valence-corrected chi connectivity index (χ3v) is 2.99. The second-order valence-electron chi connectivity index (χ2n) is 2.71. The van der Waals surface area contributed by atoms with E-state index in [4.69, 9.17) is 4.74 Å². The molecule has 1 aliphatic carbocycles. The van der Waals surface area contributed by atoms with Crippen molar-refractivity contribution in [2.75, 3.05) is 7.11 Å². The molecule has 0 aromatic rings. The van der Waals surface area contributed by atoms with Crippen LogP contribution in [0.25, 0.3) is 0 Å². The van der Waals surface area contributed by atoms with Gasteiger partial charge in [-0.1, -0.05) is 0 Å². The molecular formula is C7H10INO3. The lowest BCUT2D eigenvalue weighted by atomic mass is 10.0. The summed E-state index contributed by atoms with van der Waals surface area (Å²) >= 11 is 2.10. The molecule has 5 heteroatoms. The van der Waals surface area contributed by atoms with Crippen molar-refractivity contribution < 1.29 is 9.66 Å². The van der Waals surface area contributed by atoms with Crippen LogP contribution < -0.4 is 0 Å². The van der Waals surface area contributed by atoms with E-state index in [1.54, 1.807) is 13.2 Å². The maximum atomic E-state index is 10.4. The summed E-state index contributed by atoms with van der Waals surface area (Å²) in [6, 6.07) is -0.511. The molecule has 0 bridgehead atoms. The Morgan fingerprint density at radius 1 is 1.75 bits per heavy atom. The van der Waals surface area contributed by atoms with E-state index in [0.717, 1.165) is 10.0 Å². The monoisotopic (exact) mass is 283 g/mol. The van der Waals surface area contributed by atoms with Gasteiger partial charge in [-0.15, -0.1) is 0 Å². The van der Waals surface area contributed by atoms with Crippen LogP contribution in [0.15, 0.2) is 9.66 Å². The van der Waals surface area contributed by atoms with Gasteiger partial charge in [0, 0.05) is 28.1 Å². The molecule has 1 rings (SSSR count). The zero-order valence-electron chi connectivity index (χ0n) is 6.70. The van der Waals surface area contributed by atoms with Gasteiger partial charge in [-0.25, -0.2) is 0 Å². The summed E-state index contributed by atoms with van der Waals surface area (Å²) in [6.07, 6.45) is 3.08. The Morgan fingerprint density at radius 3 is 2.83 bits per heavy atom. The van der Waals surface area contributed by atoms with Crippen molar-refractivity contribution in [2.24, 2.45) is 0 Å². The molecule has 0 fully saturated rings. The topological polar surface area (TPSA) is 52.4 Å². The minimum absolute atomic E-state index is 0.0711. The lowest BCUT2D eigenvalue weighted by Crippen LogP contribution is -2.26. The Hall–Kier alpha value is -0.170. The largest absolute Gasteiger partial charge is 0.376 e. The van der Waals surface area contributed by atoms with E-state index in [9.17, 15) is 10.1 Å². The van der Waals surface area contributed by atoms with E-state index in [2.05, 4.69) is 22.6 Å². The Bertz CT molecular complexity index is 217. The highest BCUT2D eigenvalue weighted by molar-refractivity contribution is 14.1. The fraction of sp³-hybridized carbons (Fsp3) is 0.714. The van der Waals surface area contributed by atoms with Crippen molar-refractivity contribution in [2.45, 2.75) is 25.0 Å². The summed E-state index contributed by atoms with van der Waals surface area (Å²) in [4.78, 5) is 10.2. The molecule has 0 aliphatic heterocycles. The average molecular weight is 283 g/mol. The van der Waals surface area contributed by atoms with Gasteiger partial charge in [-0.05, 0) is 29.0 Å². The van der Waals surface area contributed by atoms with Crippen molar-refractivity contribution >= 4 is 22.6 Å². The highest BCUT2D eigenvalue weighted by atomic mass is 127. The van der Waals surface area contributed by atoms with Crippen LogP contribution in [0.4, 0.5) is 0 Å². The first-order valence-corrected chi connectivity index (χ1v) is 4.76. The van der Waals surface area contributed by atoms with Crippen LogP contribution in [0.1, 0.15) is 12.8 Å². The summed E-state index contributed by atoms with van der Waals surface area (Å²) in [5.74, 6) is 0. The summed E-state index contributed by atoms with van der Waals surface area (Å²) in [7, 11) is 1.63. The number of hydrogen-bond donors (Lipinski definition) is 0. The van der Waals surface area contributed by atoms with E-state index in [1.807, 2.05) is 0 Å². The fourth-order valence-electron chi connectivity index (χ4n) is 1.23. The van der Waals surface area contributed by atoms with Crippen LogP contribution in [-0.2, 0) is 4.74 Å². The predicted molar refractivity (Wildman–Crippen MR) is 52.9 cm³/mol. The van der Waals surface area contributed by atoms with E-state index < -0.39 is 6.04 Å². The highest BCUT2D eigenvalue weighted by Crippen LogP contribution is 2.26. The maximum Gasteiger partial charge on any atom is 0.232 e. The van der Waals surface area contributed by atoms with Crippen molar-refractivity contribution in [1.29, 1.82) is 0 Å². The van der Waals surface area contributed by atoms with Gasteiger partial charge >= 0.3 is 0 Å². The first-order chi connectivity index (χ1) is 5.65. The van der Waals surface area contributed by atoms with Crippen LogP contribution >= 0.6 is 22.6 Å². The molecule has 2 unspecified atom stereocenters. The van der Waals surface area contributed by atoms with Gasteiger partial charge in [0.05, 0.1) is 6.10 Å². The zero-order chi connectivity index (χ0) is 9.14. The van der Waals surface area contributed by atoms with Crippen molar-refractivity contribution in [3.05, 3.63) is 19.8 Å². The molecule has 0 amide bonds. The molecule has 0 radical (unpaired) electrons. The van der Waals surface area contributed by atoms with Gasteiger partial charge in [-0.3, -0.25) is 10.1 Å². The molecule has 2 atom stereocenters. The van der Waals surface area contributed by atoms with Gasteiger partial charge in [-0.2, -0.15) is 0 Å². The number of hydrogen-bond acceptors (Lipinski definition) is 3. The number of ether oxygens (including phenoxy) is 1. The van der Waals surface area contributed by atoms with E-state index in [1.165, 1.54) is 0 Å². The SMILES string of the molecule is COC1CCC([N+](=O)[O-])C=C1I. The van der Waals surface area contributed by atoms with Gasteiger partial charge in [0.15, 0.2) is 0 Å². The fourth-order valence-corrected chi connectivity index (χ4v) is 2.21. The van der Waals surface area contributed by atoms with Crippen molar-refractivity contribution in [3.8, 4) is 0 Å². The molecule has 0 aromatic carbocycles. The lowest BCUT2D eigenvalue weighted by Gasteiger charge is -2.20. The first-order valence-electron chi connectivity index (χ1n) is 3.68. The molecule has 0 saturated carbocycles. The molecule has 0 N–H and O–H groups in total. The van der Waals surface area contributed by atoms with Crippen LogP contribution in [0.3, 0.4) is 0 Å². The van der Waals surface area contributed by atoms with Crippen LogP contribution in [0, 0.1) is 10.1 Å². The number of methoxy groups -OCH3 is 1. The quantitative estimate of drug-likeness (QED) is 0.441. The molecule has 0 aromatic heterocycles. The Labute approximate surface area is 84.3 Å². The number of nitro groups is 1. The van der Waals surface area contributed by atoms with Crippen molar-refractivity contribution in [3.63, 3.8) is 0 Å². The molecule has 1 aliphatic rings. The van der Waals surface area contributed by atoms with E-state index in [0.29, 0.717) is 6.42 Å². The highest BCUT2D eigenvalue weighted by Gasteiger charge is 2.27. The van der Waals surface area contributed by atoms with Gasteiger partial charge in [0.25, 0.3) is 0 Å².